The average molecular weight is 387 g/mol. The number of nitrogens with zero attached hydrogens (tertiary/aromatic N) is 6. The van der Waals surface area contributed by atoms with Gasteiger partial charge in [0, 0.05) is 5.92 Å². The van der Waals surface area contributed by atoms with Crippen LogP contribution in [-0.4, -0.2) is 24.5 Å². The van der Waals surface area contributed by atoms with Crippen LogP contribution >= 0.6 is 0 Å². The summed E-state index contributed by atoms with van der Waals surface area (Å²) in [5.41, 5.74) is 10.5. The van der Waals surface area contributed by atoms with Crippen molar-refractivity contribution in [3.05, 3.63) is 65.2 Å². The van der Waals surface area contributed by atoms with E-state index >= 15 is 0 Å². The molecule has 2 aliphatic rings. The standard InChI is InChI=1S/C21H21N7O/c1-12(2)28-21-18(19(26-28)14-3-4-14)17(16(9-22)20(23)29-21)13-5-7-15(8-6-13)27-11-24-10-25-27/h5-8,10-12,14,17H,3-4,23H2,1-2H3. The second kappa shape index (κ2) is 6.48. The molecule has 1 aliphatic heterocycles. The molecule has 0 saturated heterocycles. The van der Waals surface area contributed by atoms with E-state index in [4.69, 9.17) is 15.6 Å². The Bertz CT molecular complexity index is 1130. The van der Waals surface area contributed by atoms with Crippen molar-refractivity contribution in [3.63, 3.8) is 0 Å². The molecular formula is C21H21N7O. The Hall–Kier alpha value is -3.60. The Balaban J connectivity index is 1.67. The van der Waals surface area contributed by atoms with E-state index < -0.39 is 0 Å². The fraction of sp³-hybridized carbons (Fsp3) is 0.333. The van der Waals surface area contributed by atoms with Crippen molar-refractivity contribution in [2.45, 2.75) is 44.6 Å². The quantitative estimate of drug-likeness (QED) is 0.737. The zero-order valence-corrected chi connectivity index (χ0v) is 16.3. The molecule has 3 heterocycles. The van der Waals surface area contributed by atoms with E-state index in [0.29, 0.717) is 17.4 Å². The van der Waals surface area contributed by atoms with Gasteiger partial charge in [0.15, 0.2) is 0 Å². The van der Waals surface area contributed by atoms with Crippen LogP contribution in [0, 0.1) is 11.3 Å². The topological polar surface area (TPSA) is 108 Å². The lowest BCUT2D eigenvalue weighted by Crippen LogP contribution is -2.22. The van der Waals surface area contributed by atoms with Gasteiger partial charge in [-0.2, -0.15) is 15.5 Å². The molecule has 2 N–H and O–H groups in total. The lowest BCUT2D eigenvalue weighted by molar-refractivity contribution is 0.334. The molecule has 5 rings (SSSR count). The molecular weight excluding hydrogens is 366 g/mol. The summed E-state index contributed by atoms with van der Waals surface area (Å²) < 4.78 is 9.52. The summed E-state index contributed by atoms with van der Waals surface area (Å²) in [5, 5.41) is 18.9. The molecule has 0 amide bonds. The van der Waals surface area contributed by atoms with Crippen molar-refractivity contribution >= 4 is 0 Å². The third-order valence-corrected chi connectivity index (χ3v) is 5.46. The molecule has 1 aliphatic carbocycles. The van der Waals surface area contributed by atoms with Gasteiger partial charge >= 0.3 is 0 Å². The number of hydrogen-bond donors (Lipinski definition) is 1. The SMILES string of the molecule is CC(C)n1nc(C2CC2)c2c1OC(N)=C(C#N)C2c1ccc(-n2cncn2)cc1. The average Bonchev–Trinajstić information content (AvgIpc) is 3.27. The Morgan fingerprint density at radius 1 is 1.24 bits per heavy atom. The van der Waals surface area contributed by atoms with Gasteiger partial charge in [-0.05, 0) is 44.4 Å². The molecule has 1 saturated carbocycles. The molecule has 1 aromatic carbocycles. The predicted octanol–water partition coefficient (Wildman–Crippen LogP) is 3.14. The van der Waals surface area contributed by atoms with Crippen LogP contribution in [-0.2, 0) is 0 Å². The van der Waals surface area contributed by atoms with Gasteiger partial charge in [-0.15, -0.1) is 0 Å². The summed E-state index contributed by atoms with van der Waals surface area (Å²) in [5.74, 6) is 0.929. The number of aromatic nitrogens is 5. The van der Waals surface area contributed by atoms with E-state index in [-0.39, 0.29) is 17.8 Å². The fourth-order valence-corrected chi connectivity index (χ4v) is 3.89. The second-order valence-electron chi connectivity index (χ2n) is 7.77. The van der Waals surface area contributed by atoms with Crippen LogP contribution in [0.5, 0.6) is 5.88 Å². The molecule has 146 valence electrons. The van der Waals surface area contributed by atoms with Crippen molar-refractivity contribution in [2.24, 2.45) is 5.73 Å². The first-order valence-electron chi connectivity index (χ1n) is 9.73. The zero-order valence-electron chi connectivity index (χ0n) is 16.3. The molecule has 3 aromatic rings. The first kappa shape index (κ1) is 17.5. The maximum atomic E-state index is 9.87. The zero-order chi connectivity index (χ0) is 20.1. The van der Waals surface area contributed by atoms with E-state index in [1.165, 1.54) is 6.33 Å². The number of rotatable bonds is 4. The monoisotopic (exact) mass is 387 g/mol. The number of nitrogens with two attached hydrogens (primary N) is 1. The maximum absolute atomic E-state index is 9.87. The maximum Gasteiger partial charge on any atom is 0.224 e. The molecule has 8 nitrogen and oxygen atoms in total. The smallest absolute Gasteiger partial charge is 0.224 e. The Labute approximate surface area is 168 Å². The van der Waals surface area contributed by atoms with Crippen LogP contribution in [0.15, 0.2) is 48.4 Å². The van der Waals surface area contributed by atoms with Crippen molar-refractivity contribution in [3.8, 4) is 17.6 Å². The highest BCUT2D eigenvalue weighted by Crippen LogP contribution is 2.51. The Kier molecular flexibility index (Phi) is 3.91. The molecule has 1 unspecified atom stereocenters. The molecule has 0 bridgehead atoms. The minimum absolute atomic E-state index is 0.128. The molecule has 1 atom stereocenters. The van der Waals surface area contributed by atoms with E-state index in [9.17, 15) is 5.26 Å². The van der Waals surface area contributed by atoms with E-state index in [0.717, 1.165) is 35.3 Å². The first-order valence-corrected chi connectivity index (χ1v) is 9.73. The molecule has 8 heteroatoms. The number of nitriles is 1. The van der Waals surface area contributed by atoms with Gasteiger partial charge in [-0.25, -0.2) is 14.3 Å². The summed E-state index contributed by atoms with van der Waals surface area (Å²) >= 11 is 0. The minimum Gasteiger partial charge on any atom is -0.422 e. The first-order chi connectivity index (χ1) is 14.1. The molecule has 0 spiro atoms. The third-order valence-electron chi connectivity index (χ3n) is 5.46. The van der Waals surface area contributed by atoms with Crippen molar-refractivity contribution in [1.29, 1.82) is 5.26 Å². The largest absolute Gasteiger partial charge is 0.422 e. The number of benzene rings is 1. The van der Waals surface area contributed by atoms with Gasteiger partial charge < -0.3 is 10.5 Å². The normalized spacial score (nSPS) is 18.5. The van der Waals surface area contributed by atoms with Gasteiger partial charge in [-0.1, -0.05) is 12.1 Å². The highest BCUT2D eigenvalue weighted by atomic mass is 16.5. The lowest BCUT2D eigenvalue weighted by atomic mass is 9.83. The van der Waals surface area contributed by atoms with Crippen molar-refractivity contribution in [1.82, 2.24) is 24.5 Å². The molecule has 1 fully saturated rings. The number of allylic oxidation sites excluding steroid dienone is 1. The van der Waals surface area contributed by atoms with Crippen LogP contribution in [0.1, 0.15) is 61.4 Å². The van der Waals surface area contributed by atoms with Crippen LogP contribution in [0.25, 0.3) is 5.69 Å². The second-order valence-corrected chi connectivity index (χ2v) is 7.77. The van der Waals surface area contributed by atoms with Gasteiger partial charge in [0.25, 0.3) is 0 Å². The van der Waals surface area contributed by atoms with Crippen LogP contribution in [0.3, 0.4) is 0 Å². The summed E-state index contributed by atoms with van der Waals surface area (Å²) in [6.07, 6.45) is 5.37. The van der Waals surface area contributed by atoms with Gasteiger partial charge in [-0.3, -0.25) is 0 Å². The van der Waals surface area contributed by atoms with Gasteiger partial charge in [0.05, 0.1) is 28.9 Å². The summed E-state index contributed by atoms with van der Waals surface area (Å²) in [6, 6.07) is 10.3. The molecule has 29 heavy (non-hydrogen) atoms. The van der Waals surface area contributed by atoms with Crippen LogP contribution in [0.2, 0.25) is 0 Å². The lowest BCUT2D eigenvalue weighted by Gasteiger charge is -2.25. The van der Waals surface area contributed by atoms with Crippen molar-refractivity contribution in [2.75, 3.05) is 0 Å². The van der Waals surface area contributed by atoms with E-state index in [2.05, 4.69) is 30.0 Å². The fourth-order valence-electron chi connectivity index (χ4n) is 3.89. The Morgan fingerprint density at radius 3 is 2.59 bits per heavy atom. The summed E-state index contributed by atoms with van der Waals surface area (Å²) in [7, 11) is 0. The predicted molar refractivity (Wildman–Crippen MR) is 105 cm³/mol. The Morgan fingerprint density at radius 2 is 2.00 bits per heavy atom. The van der Waals surface area contributed by atoms with Gasteiger partial charge in [0.2, 0.25) is 11.8 Å². The number of ether oxygens (including phenoxy) is 1. The number of hydrogen-bond acceptors (Lipinski definition) is 6. The highest BCUT2D eigenvalue weighted by Gasteiger charge is 2.41. The summed E-state index contributed by atoms with van der Waals surface area (Å²) in [6.45, 7) is 4.13. The van der Waals surface area contributed by atoms with Crippen LogP contribution < -0.4 is 10.5 Å². The van der Waals surface area contributed by atoms with Crippen molar-refractivity contribution < 1.29 is 4.74 Å². The van der Waals surface area contributed by atoms with Crippen LogP contribution in [0.4, 0.5) is 0 Å². The van der Waals surface area contributed by atoms with E-state index in [1.54, 1.807) is 11.0 Å². The highest BCUT2D eigenvalue weighted by molar-refractivity contribution is 5.57. The minimum atomic E-state index is -0.295. The van der Waals surface area contributed by atoms with E-state index in [1.807, 2.05) is 28.9 Å². The number of fused-ring (bicyclic) bond motifs is 1. The van der Waals surface area contributed by atoms with Gasteiger partial charge in [0.1, 0.15) is 24.3 Å². The third kappa shape index (κ3) is 2.78. The molecule has 2 aromatic heterocycles. The molecule has 0 radical (unpaired) electrons. The summed E-state index contributed by atoms with van der Waals surface area (Å²) in [4.78, 5) is 3.99.